The van der Waals surface area contributed by atoms with E-state index >= 15 is 0 Å². The Morgan fingerprint density at radius 1 is 1.05 bits per heavy atom. The molecule has 0 unspecified atom stereocenters. The van der Waals surface area contributed by atoms with Gasteiger partial charge in [0.1, 0.15) is 5.82 Å². The van der Waals surface area contributed by atoms with E-state index in [-0.39, 0.29) is 0 Å². The molecule has 2 nitrogen and oxygen atoms in total. The molecule has 1 saturated carbocycles. The van der Waals surface area contributed by atoms with E-state index in [1.54, 1.807) is 0 Å². The van der Waals surface area contributed by atoms with Gasteiger partial charge in [0.25, 0.3) is 0 Å². The second-order valence-electron chi connectivity index (χ2n) is 6.28. The summed E-state index contributed by atoms with van der Waals surface area (Å²) in [5.41, 5.74) is 1.43. The summed E-state index contributed by atoms with van der Waals surface area (Å²) < 4.78 is 0. The zero-order valence-electron chi connectivity index (χ0n) is 11.9. The van der Waals surface area contributed by atoms with Crippen LogP contribution in [-0.4, -0.2) is 18.1 Å². The summed E-state index contributed by atoms with van der Waals surface area (Å²) in [6.07, 6.45) is 9.78. The topological polar surface area (TPSA) is 16.1 Å². The number of rotatable bonds is 2. The van der Waals surface area contributed by atoms with Crippen molar-refractivity contribution in [2.45, 2.75) is 50.8 Å². The Hall–Kier alpha value is -0.470. The first-order valence-electron chi connectivity index (χ1n) is 7.69. The third kappa shape index (κ3) is 2.92. The molecule has 4 heteroatoms. The van der Waals surface area contributed by atoms with Gasteiger partial charge in [-0.3, -0.25) is 0 Å². The summed E-state index contributed by atoms with van der Waals surface area (Å²) in [7, 11) is 0. The Kier molecular flexibility index (Phi) is 4.42. The van der Waals surface area contributed by atoms with Crippen LogP contribution in [0.2, 0.25) is 5.02 Å². The lowest BCUT2D eigenvalue weighted by Crippen LogP contribution is -2.41. The Bertz CT molecular complexity index is 460. The van der Waals surface area contributed by atoms with Gasteiger partial charge in [-0.25, -0.2) is 4.98 Å². The molecule has 2 fully saturated rings. The quantitative estimate of drug-likeness (QED) is 0.712. The SMILES string of the molecule is ClCc1nc(N2CCC3(CCCCC3)CC2)ccc1Cl. The molecule has 0 atom stereocenters. The fraction of sp³-hybridized carbons (Fsp3) is 0.688. The van der Waals surface area contributed by atoms with Crippen molar-refractivity contribution in [3.8, 4) is 0 Å². The van der Waals surface area contributed by atoms with E-state index in [4.69, 9.17) is 23.2 Å². The highest BCUT2D eigenvalue weighted by Gasteiger charge is 2.35. The van der Waals surface area contributed by atoms with E-state index in [1.807, 2.05) is 12.1 Å². The summed E-state index contributed by atoms with van der Waals surface area (Å²) in [5.74, 6) is 1.42. The molecule has 1 aliphatic heterocycles. The van der Waals surface area contributed by atoms with Crippen LogP contribution >= 0.6 is 23.2 Å². The molecule has 20 heavy (non-hydrogen) atoms. The average molecular weight is 313 g/mol. The first kappa shape index (κ1) is 14.5. The van der Waals surface area contributed by atoms with Gasteiger partial charge in [-0.1, -0.05) is 30.9 Å². The minimum absolute atomic E-state index is 0.379. The zero-order chi connectivity index (χ0) is 14.0. The standard InChI is InChI=1S/C16H22Cl2N2/c17-12-14-13(18)4-5-15(19-14)20-10-8-16(9-11-20)6-2-1-3-7-16/h4-5H,1-3,6-12H2. The maximum Gasteiger partial charge on any atom is 0.128 e. The molecule has 0 N–H and O–H groups in total. The molecule has 1 aromatic heterocycles. The molecule has 1 saturated heterocycles. The molecule has 110 valence electrons. The first-order chi connectivity index (χ1) is 9.72. The van der Waals surface area contributed by atoms with Crippen molar-refractivity contribution < 1.29 is 0 Å². The predicted octanol–water partition coefficient (Wildman–Crippen LogP) is 5.02. The van der Waals surface area contributed by atoms with E-state index in [1.165, 1.54) is 44.9 Å². The summed E-state index contributed by atoms with van der Waals surface area (Å²) >= 11 is 12.0. The number of nitrogens with zero attached hydrogens (tertiary/aromatic N) is 2. The van der Waals surface area contributed by atoms with Crippen LogP contribution in [0.4, 0.5) is 5.82 Å². The van der Waals surface area contributed by atoms with E-state index < -0.39 is 0 Å². The van der Waals surface area contributed by atoms with Crippen LogP contribution in [0, 0.1) is 5.41 Å². The predicted molar refractivity (Wildman–Crippen MR) is 85.8 cm³/mol. The normalized spacial score (nSPS) is 22.2. The molecule has 1 aromatic rings. The Labute approximate surface area is 131 Å². The van der Waals surface area contributed by atoms with Crippen molar-refractivity contribution in [1.29, 1.82) is 0 Å². The lowest BCUT2D eigenvalue weighted by Gasteiger charge is -2.44. The van der Waals surface area contributed by atoms with Crippen LogP contribution in [0.15, 0.2) is 12.1 Å². The Morgan fingerprint density at radius 3 is 2.40 bits per heavy atom. The van der Waals surface area contributed by atoms with Gasteiger partial charge in [-0.15, -0.1) is 11.6 Å². The van der Waals surface area contributed by atoms with E-state index in [9.17, 15) is 0 Å². The fourth-order valence-electron chi connectivity index (χ4n) is 3.75. The lowest BCUT2D eigenvalue weighted by molar-refractivity contribution is 0.144. The minimum atomic E-state index is 0.379. The molecular formula is C16H22Cl2N2. The van der Waals surface area contributed by atoms with Crippen LogP contribution in [0.1, 0.15) is 50.6 Å². The number of piperidine rings is 1. The average Bonchev–Trinajstić information content (AvgIpc) is 2.50. The number of pyridine rings is 1. The van der Waals surface area contributed by atoms with E-state index in [0.717, 1.165) is 24.6 Å². The second-order valence-corrected chi connectivity index (χ2v) is 6.95. The number of hydrogen-bond donors (Lipinski definition) is 0. The van der Waals surface area contributed by atoms with E-state index in [0.29, 0.717) is 16.3 Å². The summed E-state index contributed by atoms with van der Waals surface area (Å²) in [6, 6.07) is 3.95. The molecule has 3 rings (SSSR count). The first-order valence-corrected chi connectivity index (χ1v) is 8.60. The minimum Gasteiger partial charge on any atom is -0.357 e. The van der Waals surface area contributed by atoms with Gasteiger partial charge in [-0.05, 0) is 43.2 Å². The molecule has 1 spiro atoms. The molecule has 0 radical (unpaired) electrons. The summed E-state index contributed by atoms with van der Waals surface area (Å²) in [5, 5.41) is 0.671. The van der Waals surface area contributed by atoms with Crippen molar-refractivity contribution >= 4 is 29.0 Å². The molecule has 2 heterocycles. The lowest BCUT2D eigenvalue weighted by atomic mass is 9.68. The highest BCUT2D eigenvalue weighted by atomic mass is 35.5. The van der Waals surface area contributed by atoms with Crippen LogP contribution in [0.5, 0.6) is 0 Å². The number of anilines is 1. The molecule has 0 aromatic carbocycles. The van der Waals surface area contributed by atoms with Gasteiger partial charge in [0.2, 0.25) is 0 Å². The van der Waals surface area contributed by atoms with Crippen LogP contribution in [-0.2, 0) is 5.88 Å². The molecule has 1 aliphatic carbocycles. The van der Waals surface area contributed by atoms with Crippen molar-refractivity contribution in [2.24, 2.45) is 5.41 Å². The van der Waals surface area contributed by atoms with Gasteiger partial charge in [0, 0.05) is 13.1 Å². The molecular weight excluding hydrogens is 291 g/mol. The molecule has 2 aliphatic rings. The molecule has 0 amide bonds. The third-order valence-corrected chi connectivity index (χ3v) is 5.69. The van der Waals surface area contributed by atoms with Crippen molar-refractivity contribution in [2.75, 3.05) is 18.0 Å². The fourth-order valence-corrected chi connectivity index (χ4v) is 4.20. The number of hydrogen-bond acceptors (Lipinski definition) is 2. The monoisotopic (exact) mass is 312 g/mol. The van der Waals surface area contributed by atoms with Crippen LogP contribution < -0.4 is 4.90 Å². The smallest absolute Gasteiger partial charge is 0.128 e. The zero-order valence-corrected chi connectivity index (χ0v) is 13.4. The number of aromatic nitrogens is 1. The maximum atomic E-state index is 6.09. The van der Waals surface area contributed by atoms with Crippen molar-refractivity contribution in [3.63, 3.8) is 0 Å². The van der Waals surface area contributed by atoms with Crippen LogP contribution in [0.25, 0.3) is 0 Å². The third-order valence-electron chi connectivity index (χ3n) is 5.09. The summed E-state index contributed by atoms with van der Waals surface area (Å²) in [6.45, 7) is 2.24. The Balaban J connectivity index is 1.68. The van der Waals surface area contributed by atoms with Gasteiger partial charge >= 0.3 is 0 Å². The van der Waals surface area contributed by atoms with Crippen molar-refractivity contribution in [3.05, 3.63) is 22.8 Å². The van der Waals surface area contributed by atoms with Gasteiger partial charge in [0.15, 0.2) is 0 Å². The number of halogens is 2. The van der Waals surface area contributed by atoms with E-state index in [2.05, 4.69) is 9.88 Å². The second kappa shape index (κ2) is 6.11. The largest absolute Gasteiger partial charge is 0.357 e. The van der Waals surface area contributed by atoms with Crippen molar-refractivity contribution in [1.82, 2.24) is 4.98 Å². The summed E-state index contributed by atoms with van der Waals surface area (Å²) in [4.78, 5) is 7.01. The number of alkyl halides is 1. The maximum absolute atomic E-state index is 6.09. The highest BCUT2D eigenvalue weighted by Crippen LogP contribution is 2.45. The van der Waals surface area contributed by atoms with Gasteiger partial charge < -0.3 is 4.90 Å². The van der Waals surface area contributed by atoms with Gasteiger partial charge in [-0.2, -0.15) is 0 Å². The Morgan fingerprint density at radius 2 is 1.75 bits per heavy atom. The molecule has 0 bridgehead atoms. The van der Waals surface area contributed by atoms with Crippen LogP contribution in [0.3, 0.4) is 0 Å². The van der Waals surface area contributed by atoms with Gasteiger partial charge in [0.05, 0.1) is 16.6 Å². The highest BCUT2D eigenvalue weighted by molar-refractivity contribution is 6.32.